The van der Waals surface area contributed by atoms with Crippen molar-refractivity contribution in [1.82, 2.24) is 35.1 Å². The Morgan fingerprint density at radius 1 is 0.732 bits per heavy atom. The van der Waals surface area contributed by atoms with Crippen molar-refractivity contribution < 1.29 is 62.4 Å². The Labute approximate surface area is 328 Å². The zero-order valence-electron chi connectivity index (χ0n) is 31.5. The topological polar surface area (TPSA) is 224 Å². The van der Waals surface area contributed by atoms with E-state index in [-0.39, 0.29) is 101 Å². The van der Waals surface area contributed by atoms with Gasteiger partial charge in [-0.15, -0.1) is 0 Å². The number of aliphatic carboxylic acids is 4. The van der Waals surface area contributed by atoms with E-state index in [1.165, 1.54) is 0 Å². The Morgan fingerprint density at radius 2 is 1.29 bits per heavy atom. The van der Waals surface area contributed by atoms with Crippen LogP contribution < -0.4 is 10.6 Å². The van der Waals surface area contributed by atoms with E-state index in [4.69, 9.17) is 0 Å². The van der Waals surface area contributed by atoms with Gasteiger partial charge in [0.15, 0.2) is 0 Å². The number of carbonyl (C=O) groups is 6. The first-order valence-corrected chi connectivity index (χ1v) is 20.4. The number of fused-ring (bicyclic) bond motifs is 1. The molecule has 1 saturated carbocycles. The molecule has 21 heteroatoms. The second kappa shape index (κ2) is 21.4. The molecular weight excluding hydrogens is 767 g/mol. The molecule has 0 aromatic heterocycles. The number of halogens is 3. The molecule has 4 rings (SSSR count). The average molecular weight is 824 g/mol. The molecule has 1 aliphatic carbocycles. The monoisotopic (exact) mass is 823 g/mol. The summed E-state index contributed by atoms with van der Waals surface area (Å²) < 4.78 is 41.5. The number of carboxylic acid groups (broad SMARTS) is 4. The molecule has 3 heterocycles. The molecule has 0 radical (unpaired) electrons. The lowest BCUT2D eigenvalue weighted by Gasteiger charge is -2.41. The van der Waals surface area contributed by atoms with E-state index >= 15 is 0 Å². The number of nitrogens with zero attached hydrogens (tertiary/aromatic N) is 5. The molecule has 318 valence electrons. The minimum atomic E-state index is -5.03. The summed E-state index contributed by atoms with van der Waals surface area (Å²) in [7, 11) is 0. The van der Waals surface area contributed by atoms with Crippen LogP contribution in [-0.2, 0) is 24.0 Å². The summed E-state index contributed by atoms with van der Waals surface area (Å²) in [5.74, 6) is -5.60. The smallest absolute Gasteiger partial charge is 0.471 e. The predicted molar refractivity (Wildman–Crippen MR) is 197 cm³/mol. The van der Waals surface area contributed by atoms with Crippen LogP contribution in [0.15, 0.2) is 0 Å². The lowest BCUT2D eigenvalue weighted by molar-refractivity contribution is -0.188. The summed E-state index contributed by atoms with van der Waals surface area (Å²) in [6, 6.07) is -1.23. The molecule has 17 nitrogen and oxygen atoms in total. The van der Waals surface area contributed by atoms with Crippen LogP contribution in [-0.4, -0.2) is 201 Å². The number of urea groups is 1. The Hall–Kier alpha value is -3.40. The number of alkyl halides is 3. The largest absolute Gasteiger partial charge is 0.480 e. The fourth-order valence-corrected chi connectivity index (χ4v) is 10.1. The normalized spacial score (nSPS) is 27.7. The highest BCUT2D eigenvalue weighted by atomic mass is 32.2. The van der Waals surface area contributed by atoms with Crippen molar-refractivity contribution in [1.29, 1.82) is 0 Å². The van der Waals surface area contributed by atoms with Crippen molar-refractivity contribution in [3.8, 4) is 0 Å². The van der Waals surface area contributed by atoms with Gasteiger partial charge in [-0.05, 0) is 50.9 Å². The molecule has 3 amide bonds. The number of rotatable bonds is 17. The van der Waals surface area contributed by atoms with Gasteiger partial charge >= 0.3 is 42.0 Å². The molecule has 4 aliphatic rings. The van der Waals surface area contributed by atoms with Gasteiger partial charge in [0.2, 0.25) is 0 Å². The number of amides is 3. The van der Waals surface area contributed by atoms with E-state index in [1.54, 1.807) is 31.4 Å². The van der Waals surface area contributed by atoms with E-state index in [0.717, 1.165) is 23.5 Å². The van der Waals surface area contributed by atoms with E-state index in [2.05, 4.69) is 10.6 Å². The zero-order chi connectivity index (χ0) is 41.0. The standard InChI is InChI=1S/C35H56F3N7O10S/c36-35(37,38)33(54)45(9-3-1-2-4-27-32-26(22-56-27)39-34(55)40-32)24-7-5-23(6-8-24)16-25-17-43(20-30(50)51)13-12-41(18-28(46)47)10-11-42(19-29(48)49)14-15-44(25)21-31(52)53/h23-27,32H,1-22H2,(H,46,47)(H,48,49)(H,50,51)(H,52,53)(H2,39,40,55). The predicted octanol–water partition coefficient (Wildman–Crippen LogP) is 0.981. The molecule has 3 saturated heterocycles. The van der Waals surface area contributed by atoms with Crippen molar-refractivity contribution in [3.63, 3.8) is 0 Å². The molecule has 56 heavy (non-hydrogen) atoms. The Kier molecular flexibility index (Phi) is 17.3. The highest BCUT2D eigenvalue weighted by molar-refractivity contribution is 8.00. The number of carboxylic acids is 4. The van der Waals surface area contributed by atoms with E-state index in [1.807, 2.05) is 0 Å². The van der Waals surface area contributed by atoms with E-state index < -0.39 is 54.6 Å². The molecular formula is C35H56F3N7O10S. The third-order valence-electron chi connectivity index (χ3n) is 11.3. The second-order valence-electron chi connectivity index (χ2n) is 15.4. The van der Waals surface area contributed by atoms with Crippen LogP contribution in [0.5, 0.6) is 0 Å². The maximum absolute atomic E-state index is 13.8. The van der Waals surface area contributed by atoms with E-state index in [0.29, 0.717) is 44.9 Å². The first-order chi connectivity index (χ1) is 26.5. The lowest BCUT2D eigenvalue weighted by atomic mass is 9.81. The molecule has 6 N–H and O–H groups in total. The Balaban J connectivity index is 1.42. The summed E-state index contributed by atoms with van der Waals surface area (Å²) in [6.45, 7) is -0.473. The van der Waals surface area contributed by atoms with Gasteiger partial charge in [0.25, 0.3) is 0 Å². The molecule has 4 atom stereocenters. The van der Waals surface area contributed by atoms with Crippen LogP contribution in [0.4, 0.5) is 18.0 Å². The summed E-state index contributed by atoms with van der Waals surface area (Å²) in [4.78, 5) is 79.1. The van der Waals surface area contributed by atoms with Gasteiger partial charge in [0.1, 0.15) is 0 Å². The van der Waals surface area contributed by atoms with Crippen LogP contribution in [0.25, 0.3) is 0 Å². The van der Waals surface area contributed by atoms with Crippen LogP contribution >= 0.6 is 11.8 Å². The molecule has 0 spiro atoms. The lowest BCUT2D eigenvalue weighted by Crippen LogP contribution is -2.53. The van der Waals surface area contributed by atoms with Gasteiger partial charge in [-0.2, -0.15) is 24.9 Å². The van der Waals surface area contributed by atoms with Crippen LogP contribution in [0.1, 0.15) is 57.8 Å². The van der Waals surface area contributed by atoms with Gasteiger partial charge in [-0.25, -0.2) is 4.79 Å². The number of hydrogen-bond acceptors (Lipinski definition) is 11. The number of carbonyl (C=O) groups excluding carboxylic acids is 2. The SMILES string of the molecule is O=C(O)CN1CCN(CC(=O)O)CCN(CC(=O)O)C(CC2CCC(N(CCCCCC3SCC4NC(=O)NC43)C(=O)C(F)(F)F)CC2)CN(CC(=O)O)CC1. The zero-order valence-corrected chi connectivity index (χ0v) is 32.4. The molecule has 4 unspecified atom stereocenters. The molecule has 0 aromatic carbocycles. The quantitative estimate of drug-likeness (QED) is 0.0889. The highest BCUT2D eigenvalue weighted by Crippen LogP contribution is 2.35. The van der Waals surface area contributed by atoms with Crippen molar-refractivity contribution in [2.24, 2.45) is 5.92 Å². The van der Waals surface area contributed by atoms with Gasteiger partial charge in [0, 0.05) is 75.4 Å². The highest BCUT2D eigenvalue weighted by Gasteiger charge is 2.45. The fraction of sp³-hybridized carbons (Fsp3) is 0.829. The van der Waals surface area contributed by atoms with Gasteiger partial charge in [-0.3, -0.25) is 43.6 Å². The maximum atomic E-state index is 13.8. The minimum absolute atomic E-state index is 0.0358. The second-order valence-corrected chi connectivity index (χ2v) is 16.6. The van der Waals surface area contributed by atoms with Crippen LogP contribution in [0.2, 0.25) is 0 Å². The third-order valence-corrected chi connectivity index (χ3v) is 12.8. The summed E-state index contributed by atoms with van der Waals surface area (Å²) in [6.07, 6.45) is -0.548. The first-order valence-electron chi connectivity index (χ1n) is 19.3. The maximum Gasteiger partial charge on any atom is 0.471 e. The van der Waals surface area contributed by atoms with Crippen molar-refractivity contribution in [2.45, 2.75) is 93.4 Å². The summed E-state index contributed by atoms with van der Waals surface area (Å²) in [5, 5.41) is 44.6. The molecule has 0 bridgehead atoms. The van der Waals surface area contributed by atoms with E-state index in [9.17, 15) is 62.4 Å². The fourth-order valence-electron chi connectivity index (χ4n) is 8.52. The van der Waals surface area contributed by atoms with Crippen LogP contribution in [0, 0.1) is 5.92 Å². The molecule has 3 aliphatic heterocycles. The summed E-state index contributed by atoms with van der Waals surface area (Å²) >= 11 is 1.76. The Bertz CT molecular complexity index is 1380. The number of thioether (sulfide) groups is 1. The van der Waals surface area contributed by atoms with Crippen molar-refractivity contribution in [2.75, 3.05) is 84.3 Å². The van der Waals surface area contributed by atoms with Crippen LogP contribution in [0.3, 0.4) is 0 Å². The number of hydrogen-bond donors (Lipinski definition) is 6. The molecule has 4 fully saturated rings. The van der Waals surface area contributed by atoms with Crippen molar-refractivity contribution >= 4 is 47.6 Å². The van der Waals surface area contributed by atoms with Gasteiger partial charge in [0.05, 0.1) is 38.3 Å². The Morgan fingerprint density at radius 3 is 1.86 bits per heavy atom. The minimum Gasteiger partial charge on any atom is -0.480 e. The van der Waals surface area contributed by atoms with Crippen molar-refractivity contribution in [3.05, 3.63) is 0 Å². The molecule has 0 aromatic rings. The summed E-state index contributed by atoms with van der Waals surface area (Å²) in [5.41, 5.74) is 0. The van der Waals surface area contributed by atoms with Gasteiger partial charge < -0.3 is 36.0 Å². The average Bonchev–Trinajstić information content (AvgIpc) is 3.66. The first kappa shape index (κ1) is 45.3. The van der Waals surface area contributed by atoms with Gasteiger partial charge in [-0.1, -0.05) is 12.8 Å². The number of unbranched alkanes of at least 4 members (excludes halogenated alkanes) is 2. The third kappa shape index (κ3) is 14.5. The number of nitrogens with one attached hydrogen (secondary N) is 2.